The van der Waals surface area contributed by atoms with Crippen LogP contribution in [0.15, 0.2) is 23.1 Å². The van der Waals surface area contributed by atoms with Crippen molar-refractivity contribution in [3.8, 4) is 5.75 Å². The molecule has 1 aromatic carbocycles. The molecular formula is C14H21NO5S. The van der Waals surface area contributed by atoms with Crippen LogP contribution >= 0.6 is 0 Å². The highest BCUT2D eigenvalue weighted by Gasteiger charge is 2.27. The first kappa shape index (κ1) is 16.2. The summed E-state index contributed by atoms with van der Waals surface area (Å²) in [5.74, 6) is 0.580. The van der Waals surface area contributed by atoms with Gasteiger partial charge in [-0.1, -0.05) is 0 Å². The lowest BCUT2D eigenvalue weighted by molar-refractivity contribution is 0.148. The molecule has 0 unspecified atom stereocenters. The van der Waals surface area contributed by atoms with Crippen molar-refractivity contribution < 1.29 is 23.0 Å². The van der Waals surface area contributed by atoms with Crippen molar-refractivity contribution in [3.63, 3.8) is 0 Å². The maximum absolute atomic E-state index is 12.8. The first-order chi connectivity index (χ1) is 10.1. The van der Waals surface area contributed by atoms with Crippen molar-refractivity contribution in [2.75, 3.05) is 40.0 Å². The molecule has 6 nitrogen and oxygen atoms in total. The summed E-state index contributed by atoms with van der Waals surface area (Å²) in [4.78, 5) is 0.235. The molecule has 1 aliphatic rings. The smallest absolute Gasteiger partial charge is 0.243 e. The van der Waals surface area contributed by atoms with Gasteiger partial charge in [-0.2, -0.15) is 4.31 Å². The van der Waals surface area contributed by atoms with Crippen molar-refractivity contribution in [1.29, 1.82) is 0 Å². The van der Waals surface area contributed by atoms with E-state index < -0.39 is 10.0 Å². The maximum atomic E-state index is 12.8. The SMILES string of the molecule is COc1ccc(S(=O)(=O)N2CCCOCC2)c(CCO)c1. The van der Waals surface area contributed by atoms with E-state index >= 15 is 0 Å². The Morgan fingerprint density at radius 3 is 2.86 bits per heavy atom. The number of aliphatic hydroxyl groups is 1. The van der Waals surface area contributed by atoms with Gasteiger partial charge < -0.3 is 14.6 Å². The molecule has 0 saturated carbocycles. The van der Waals surface area contributed by atoms with E-state index in [1.807, 2.05) is 0 Å². The molecular weight excluding hydrogens is 294 g/mol. The fourth-order valence-corrected chi connectivity index (χ4v) is 4.05. The lowest BCUT2D eigenvalue weighted by Gasteiger charge is -2.21. The third-order valence-corrected chi connectivity index (χ3v) is 5.45. The Hall–Kier alpha value is -1.15. The molecule has 1 N–H and O–H groups in total. The molecule has 0 aromatic heterocycles. The predicted octanol–water partition coefficient (Wildman–Crippen LogP) is 0.641. The van der Waals surface area contributed by atoms with E-state index in [1.54, 1.807) is 18.2 Å². The molecule has 0 atom stereocenters. The molecule has 0 aliphatic carbocycles. The number of ether oxygens (including phenoxy) is 2. The minimum absolute atomic E-state index is 0.112. The van der Waals surface area contributed by atoms with Crippen molar-refractivity contribution in [1.82, 2.24) is 4.31 Å². The third-order valence-electron chi connectivity index (χ3n) is 3.45. The average Bonchev–Trinajstić information content (AvgIpc) is 2.77. The fourth-order valence-electron chi connectivity index (χ4n) is 2.35. The van der Waals surface area contributed by atoms with Gasteiger partial charge in [-0.15, -0.1) is 0 Å². The van der Waals surface area contributed by atoms with E-state index in [4.69, 9.17) is 14.6 Å². The zero-order valence-electron chi connectivity index (χ0n) is 12.1. The second kappa shape index (κ2) is 7.22. The van der Waals surface area contributed by atoms with Crippen LogP contribution in [0.25, 0.3) is 0 Å². The van der Waals surface area contributed by atoms with Crippen LogP contribution in [0.3, 0.4) is 0 Å². The Morgan fingerprint density at radius 2 is 2.14 bits per heavy atom. The van der Waals surface area contributed by atoms with Gasteiger partial charge in [0.15, 0.2) is 0 Å². The summed E-state index contributed by atoms with van der Waals surface area (Å²) in [5, 5.41) is 9.16. The Morgan fingerprint density at radius 1 is 1.33 bits per heavy atom. The van der Waals surface area contributed by atoms with E-state index in [0.29, 0.717) is 44.0 Å². The first-order valence-electron chi connectivity index (χ1n) is 6.95. The van der Waals surface area contributed by atoms with Crippen LogP contribution < -0.4 is 4.74 Å². The standard InChI is InChI=1S/C14H21NO5S/c1-19-13-3-4-14(12(11-13)5-8-16)21(17,18)15-6-2-9-20-10-7-15/h3-4,11,16H,2,5-10H2,1H3. The number of rotatable bonds is 5. The molecule has 2 rings (SSSR count). The number of sulfonamides is 1. The van der Waals surface area contributed by atoms with E-state index in [9.17, 15) is 8.42 Å². The van der Waals surface area contributed by atoms with Crippen molar-refractivity contribution in [2.24, 2.45) is 0 Å². The van der Waals surface area contributed by atoms with E-state index in [-0.39, 0.29) is 17.9 Å². The van der Waals surface area contributed by atoms with Crippen LogP contribution in [0, 0.1) is 0 Å². The lowest BCUT2D eigenvalue weighted by atomic mass is 10.1. The highest BCUT2D eigenvalue weighted by Crippen LogP contribution is 2.25. The first-order valence-corrected chi connectivity index (χ1v) is 8.39. The summed E-state index contributed by atoms with van der Waals surface area (Å²) in [6.07, 6.45) is 0.959. The summed E-state index contributed by atoms with van der Waals surface area (Å²) in [6.45, 7) is 1.68. The monoisotopic (exact) mass is 315 g/mol. The minimum Gasteiger partial charge on any atom is -0.497 e. The normalized spacial score (nSPS) is 17.4. The van der Waals surface area contributed by atoms with Crippen LogP contribution in [0.1, 0.15) is 12.0 Å². The molecule has 118 valence electrons. The van der Waals surface area contributed by atoms with Gasteiger partial charge in [-0.25, -0.2) is 8.42 Å². The number of methoxy groups -OCH3 is 1. The molecule has 1 heterocycles. The lowest BCUT2D eigenvalue weighted by Crippen LogP contribution is -2.33. The van der Waals surface area contributed by atoms with E-state index in [1.165, 1.54) is 11.4 Å². The average molecular weight is 315 g/mol. The van der Waals surface area contributed by atoms with Crippen LogP contribution in [-0.4, -0.2) is 57.8 Å². The third kappa shape index (κ3) is 3.74. The highest BCUT2D eigenvalue weighted by atomic mass is 32.2. The largest absolute Gasteiger partial charge is 0.497 e. The number of hydrogen-bond donors (Lipinski definition) is 1. The topological polar surface area (TPSA) is 76.1 Å². The Kier molecular flexibility index (Phi) is 5.58. The number of aliphatic hydroxyl groups excluding tert-OH is 1. The van der Waals surface area contributed by atoms with Gasteiger partial charge in [0, 0.05) is 26.3 Å². The second-order valence-electron chi connectivity index (χ2n) is 4.82. The van der Waals surface area contributed by atoms with Gasteiger partial charge in [0.2, 0.25) is 10.0 Å². The molecule has 21 heavy (non-hydrogen) atoms. The van der Waals surface area contributed by atoms with Crippen molar-refractivity contribution >= 4 is 10.0 Å². The molecule has 0 bridgehead atoms. The maximum Gasteiger partial charge on any atom is 0.243 e. The quantitative estimate of drug-likeness (QED) is 0.863. The van der Waals surface area contributed by atoms with Gasteiger partial charge in [-0.05, 0) is 36.6 Å². The Balaban J connectivity index is 2.37. The number of hydrogen-bond acceptors (Lipinski definition) is 5. The molecule has 0 amide bonds. The molecule has 0 spiro atoms. The summed E-state index contributed by atoms with van der Waals surface area (Å²) in [5.41, 5.74) is 0.571. The molecule has 1 aliphatic heterocycles. The summed E-state index contributed by atoms with van der Waals surface area (Å²) < 4.78 is 37.4. The summed E-state index contributed by atoms with van der Waals surface area (Å²) >= 11 is 0. The van der Waals surface area contributed by atoms with Crippen LogP contribution in [0.5, 0.6) is 5.75 Å². The zero-order chi connectivity index (χ0) is 15.3. The zero-order valence-corrected chi connectivity index (χ0v) is 12.9. The molecule has 1 aromatic rings. The molecule has 7 heteroatoms. The van der Waals surface area contributed by atoms with E-state index in [0.717, 1.165) is 0 Å². The highest BCUT2D eigenvalue weighted by molar-refractivity contribution is 7.89. The van der Waals surface area contributed by atoms with Gasteiger partial charge >= 0.3 is 0 Å². The summed E-state index contributed by atoms with van der Waals surface area (Å²) in [7, 11) is -2.05. The van der Waals surface area contributed by atoms with Crippen LogP contribution in [0.2, 0.25) is 0 Å². The van der Waals surface area contributed by atoms with Crippen LogP contribution in [-0.2, 0) is 21.2 Å². The molecule has 1 fully saturated rings. The van der Waals surface area contributed by atoms with Gasteiger partial charge in [0.1, 0.15) is 5.75 Å². The number of nitrogens with zero attached hydrogens (tertiary/aromatic N) is 1. The van der Waals surface area contributed by atoms with Crippen molar-refractivity contribution in [3.05, 3.63) is 23.8 Å². The molecule has 1 saturated heterocycles. The fraction of sp³-hybridized carbons (Fsp3) is 0.571. The minimum atomic E-state index is -3.58. The van der Waals surface area contributed by atoms with E-state index in [2.05, 4.69) is 0 Å². The van der Waals surface area contributed by atoms with Crippen molar-refractivity contribution in [2.45, 2.75) is 17.7 Å². The van der Waals surface area contributed by atoms with Gasteiger partial charge in [-0.3, -0.25) is 0 Å². The van der Waals surface area contributed by atoms with Gasteiger partial charge in [0.05, 0.1) is 18.6 Å². The molecule has 0 radical (unpaired) electrons. The Labute approximate surface area is 125 Å². The second-order valence-corrected chi connectivity index (χ2v) is 6.72. The van der Waals surface area contributed by atoms with Crippen LogP contribution in [0.4, 0.5) is 0 Å². The predicted molar refractivity (Wildman–Crippen MR) is 78.0 cm³/mol. The number of benzene rings is 1. The van der Waals surface area contributed by atoms with Gasteiger partial charge in [0.25, 0.3) is 0 Å². The Bertz CT molecular complexity index is 565. The summed E-state index contributed by atoms with van der Waals surface area (Å²) in [6, 6.07) is 4.84.